The van der Waals surface area contributed by atoms with Crippen molar-refractivity contribution in [2.24, 2.45) is 0 Å². The molecule has 2 heterocycles. The predicted octanol–water partition coefficient (Wildman–Crippen LogP) is 2.86. The van der Waals surface area contributed by atoms with Gasteiger partial charge in [0.15, 0.2) is 0 Å². The summed E-state index contributed by atoms with van der Waals surface area (Å²) in [5, 5.41) is 8.33. The van der Waals surface area contributed by atoms with Gasteiger partial charge < -0.3 is 9.15 Å². The van der Waals surface area contributed by atoms with Crippen molar-refractivity contribution >= 4 is 33.7 Å². The second kappa shape index (κ2) is 6.16. The van der Waals surface area contributed by atoms with Crippen LogP contribution in [0.25, 0.3) is 0 Å². The Morgan fingerprint density at radius 3 is 3.05 bits per heavy atom. The summed E-state index contributed by atoms with van der Waals surface area (Å²) < 4.78 is 10.8. The van der Waals surface area contributed by atoms with E-state index in [0.717, 1.165) is 10.0 Å². The molecule has 2 aromatic heterocycles. The normalized spacial score (nSPS) is 10.5. The molecule has 0 amide bonds. The number of nitrogens with zero attached hydrogens (tertiary/aromatic N) is 3. The Kier molecular flexibility index (Phi) is 4.54. The summed E-state index contributed by atoms with van der Waals surface area (Å²) in [6, 6.07) is 1.88. The fourth-order valence-electron chi connectivity index (χ4n) is 1.20. The largest absolute Gasteiger partial charge is 0.459 e. The van der Waals surface area contributed by atoms with Gasteiger partial charge in [-0.15, -0.1) is 5.10 Å². The van der Waals surface area contributed by atoms with Gasteiger partial charge in [-0.05, 0) is 53.2 Å². The molecule has 0 unspecified atom stereocenters. The summed E-state index contributed by atoms with van der Waals surface area (Å²) in [4.78, 5) is 15.6. The lowest BCUT2D eigenvalue weighted by Gasteiger charge is -2.01. The molecule has 0 spiro atoms. The second-order valence-electron chi connectivity index (χ2n) is 3.44. The summed E-state index contributed by atoms with van der Waals surface area (Å²) >= 11 is 4.61. The quantitative estimate of drug-likeness (QED) is 0.789. The van der Waals surface area contributed by atoms with E-state index in [0.29, 0.717) is 5.03 Å². The first-order valence-electron chi connectivity index (χ1n) is 5.41. The van der Waals surface area contributed by atoms with Gasteiger partial charge >= 0.3 is 11.9 Å². The third-order valence-electron chi connectivity index (χ3n) is 2.09. The van der Waals surface area contributed by atoms with Crippen molar-refractivity contribution < 1.29 is 13.9 Å². The maximum Gasteiger partial charge on any atom is 0.396 e. The van der Waals surface area contributed by atoms with Gasteiger partial charge in [0.25, 0.3) is 5.22 Å². The number of esters is 1. The molecule has 2 rings (SSSR count). The number of halogens is 1. The van der Waals surface area contributed by atoms with Crippen LogP contribution >= 0.6 is 27.7 Å². The van der Waals surface area contributed by atoms with Crippen LogP contribution in [0.3, 0.4) is 0 Å². The molecule has 8 heteroatoms. The van der Waals surface area contributed by atoms with E-state index in [2.05, 4.69) is 31.1 Å². The summed E-state index contributed by atoms with van der Waals surface area (Å²) in [5.74, 6) is -0.786. The Morgan fingerprint density at radius 2 is 2.32 bits per heavy atom. The molecule has 2 aromatic rings. The number of rotatable bonds is 4. The molecular weight excluding hydrogens is 334 g/mol. The molecule has 0 aliphatic heterocycles. The second-order valence-corrected chi connectivity index (χ2v) is 5.18. The smallest absolute Gasteiger partial charge is 0.396 e. The molecule has 0 N–H and O–H groups in total. The van der Waals surface area contributed by atoms with Crippen molar-refractivity contribution in [1.82, 2.24) is 15.2 Å². The van der Waals surface area contributed by atoms with Crippen LogP contribution in [0.2, 0.25) is 0 Å². The number of aryl methyl sites for hydroxylation is 1. The van der Waals surface area contributed by atoms with E-state index < -0.39 is 5.97 Å². The lowest BCUT2D eigenvalue weighted by atomic mass is 10.3. The van der Waals surface area contributed by atoms with E-state index in [4.69, 9.17) is 9.15 Å². The van der Waals surface area contributed by atoms with Gasteiger partial charge in [-0.2, -0.15) is 0 Å². The van der Waals surface area contributed by atoms with Crippen LogP contribution in [0.5, 0.6) is 0 Å². The Morgan fingerprint density at radius 1 is 1.53 bits per heavy atom. The number of carbonyl (C=O) groups excluding carboxylic acids is 1. The minimum absolute atomic E-state index is 0.159. The van der Waals surface area contributed by atoms with Crippen molar-refractivity contribution in [3.8, 4) is 0 Å². The maximum atomic E-state index is 11.4. The van der Waals surface area contributed by atoms with Crippen LogP contribution in [-0.4, -0.2) is 27.8 Å². The van der Waals surface area contributed by atoms with Gasteiger partial charge in [0.05, 0.1) is 11.1 Å². The topological polar surface area (TPSA) is 78.1 Å². The molecule has 100 valence electrons. The first kappa shape index (κ1) is 14.0. The van der Waals surface area contributed by atoms with E-state index in [1.165, 1.54) is 11.8 Å². The highest BCUT2D eigenvalue weighted by atomic mass is 79.9. The Hall–Kier alpha value is -1.41. The van der Waals surface area contributed by atoms with E-state index in [1.54, 1.807) is 13.1 Å². The molecule has 0 atom stereocenters. The zero-order valence-electron chi connectivity index (χ0n) is 10.2. The van der Waals surface area contributed by atoms with Crippen LogP contribution in [0.15, 0.2) is 31.4 Å². The van der Waals surface area contributed by atoms with Gasteiger partial charge in [-0.1, -0.05) is 5.10 Å². The van der Waals surface area contributed by atoms with E-state index in [9.17, 15) is 4.79 Å². The first-order valence-corrected chi connectivity index (χ1v) is 7.02. The number of ether oxygens (including phenoxy) is 1. The lowest BCUT2D eigenvalue weighted by molar-refractivity contribution is 0.0475. The minimum atomic E-state index is -0.627. The summed E-state index contributed by atoms with van der Waals surface area (Å²) in [6.45, 7) is 3.92. The van der Waals surface area contributed by atoms with Crippen molar-refractivity contribution in [3.05, 3.63) is 28.2 Å². The molecule has 0 aliphatic carbocycles. The number of hydrogen-bond donors (Lipinski definition) is 0. The van der Waals surface area contributed by atoms with Crippen molar-refractivity contribution in [1.29, 1.82) is 0 Å². The standard InChI is InChI=1S/C11H10BrN3O3S/c1-3-17-10(16)8-14-15-11(18-8)19-9-7(12)6(2)4-5-13-9/h4-5H,3H2,1-2H3. The summed E-state index contributed by atoms with van der Waals surface area (Å²) in [5.41, 5.74) is 1.04. The van der Waals surface area contributed by atoms with Crippen LogP contribution in [0, 0.1) is 6.92 Å². The van der Waals surface area contributed by atoms with Crippen LogP contribution in [-0.2, 0) is 4.74 Å². The molecule has 0 saturated heterocycles. The van der Waals surface area contributed by atoms with Crippen LogP contribution in [0.1, 0.15) is 23.2 Å². The van der Waals surface area contributed by atoms with Gasteiger partial charge in [0.2, 0.25) is 0 Å². The Bertz CT molecular complexity index is 603. The van der Waals surface area contributed by atoms with E-state index in [1.807, 2.05) is 13.0 Å². The maximum absolute atomic E-state index is 11.4. The van der Waals surface area contributed by atoms with Gasteiger partial charge in [0, 0.05) is 6.20 Å². The average molecular weight is 344 g/mol. The van der Waals surface area contributed by atoms with Gasteiger partial charge in [-0.25, -0.2) is 9.78 Å². The monoisotopic (exact) mass is 343 g/mol. The highest BCUT2D eigenvalue weighted by Crippen LogP contribution is 2.32. The molecule has 0 saturated carbocycles. The first-order chi connectivity index (χ1) is 9.11. The fraction of sp³-hybridized carbons (Fsp3) is 0.273. The average Bonchev–Trinajstić information content (AvgIpc) is 2.84. The zero-order chi connectivity index (χ0) is 13.8. The van der Waals surface area contributed by atoms with Crippen LogP contribution in [0.4, 0.5) is 0 Å². The molecule has 0 fully saturated rings. The number of hydrogen-bond acceptors (Lipinski definition) is 7. The molecular formula is C11H10BrN3O3S. The number of aromatic nitrogens is 3. The molecule has 6 nitrogen and oxygen atoms in total. The highest BCUT2D eigenvalue weighted by molar-refractivity contribution is 9.10. The third-order valence-corrected chi connectivity index (χ3v) is 4.20. The van der Waals surface area contributed by atoms with Crippen molar-refractivity contribution in [2.75, 3.05) is 6.61 Å². The minimum Gasteiger partial charge on any atom is -0.459 e. The fourth-order valence-corrected chi connectivity index (χ4v) is 2.40. The molecule has 0 aliphatic rings. The Labute approximate surface area is 122 Å². The number of carbonyl (C=O) groups is 1. The van der Waals surface area contributed by atoms with Crippen molar-refractivity contribution in [2.45, 2.75) is 24.1 Å². The van der Waals surface area contributed by atoms with E-state index >= 15 is 0 Å². The molecule has 0 aromatic carbocycles. The van der Waals surface area contributed by atoms with Gasteiger partial charge in [-0.3, -0.25) is 0 Å². The molecule has 0 bridgehead atoms. The van der Waals surface area contributed by atoms with Crippen molar-refractivity contribution in [3.63, 3.8) is 0 Å². The SMILES string of the molecule is CCOC(=O)c1nnc(Sc2nccc(C)c2Br)o1. The van der Waals surface area contributed by atoms with Gasteiger partial charge in [0.1, 0.15) is 5.03 Å². The highest BCUT2D eigenvalue weighted by Gasteiger charge is 2.17. The Balaban J connectivity index is 2.16. The molecule has 0 radical (unpaired) electrons. The zero-order valence-corrected chi connectivity index (χ0v) is 12.6. The lowest BCUT2D eigenvalue weighted by Crippen LogP contribution is -2.04. The number of pyridine rings is 1. The predicted molar refractivity (Wildman–Crippen MR) is 71.1 cm³/mol. The third kappa shape index (κ3) is 3.32. The summed E-state index contributed by atoms with van der Waals surface area (Å²) in [7, 11) is 0. The van der Waals surface area contributed by atoms with E-state index in [-0.39, 0.29) is 17.7 Å². The molecule has 19 heavy (non-hydrogen) atoms. The van der Waals surface area contributed by atoms with Crippen LogP contribution < -0.4 is 0 Å². The summed E-state index contributed by atoms with van der Waals surface area (Å²) in [6.07, 6.45) is 1.69.